The second-order valence-corrected chi connectivity index (χ2v) is 7.28. The highest BCUT2D eigenvalue weighted by atomic mass is 16.6. The zero-order valence-electron chi connectivity index (χ0n) is 14.0. The van der Waals surface area contributed by atoms with Gasteiger partial charge in [-0.15, -0.1) is 0 Å². The van der Waals surface area contributed by atoms with E-state index in [1.165, 1.54) is 0 Å². The number of hydrogen-bond donors (Lipinski definition) is 1. The van der Waals surface area contributed by atoms with Gasteiger partial charge in [-0.2, -0.15) is 0 Å². The topological polar surface area (TPSA) is 55.4 Å². The summed E-state index contributed by atoms with van der Waals surface area (Å²) in [5.74, 6) is -0.0491. The zero-order valence-corrected chi connectivity index (χ0v) is 14.0. The molecule has 2 rings (SSSR count). The first-order valence-corrected chi connectivity index (χ1v) is 7.76. The minimum absolute atomic E-state index is 0.0242. The molecule has 4 nitrogen and oxygen atoms in total. The zero-order chi connectivity index (χ0) is 16.5. The third-order valence-electron chi connectivity index (χ3n) is 3.85. The molecule has 1 aromatic carbocycles. The lowest BCUT2D eigenvalue weighted by Gasteiger charge is -2.24. The second-order valence-electron chi connectivity index (χ2n) is 7.28. The van der Waals surface area contributed by atoms with Crippen LogP contribution in [-0.4, -0.2) is 23.0 Å². The summed E-state index contributed by atoms with van der Waals surface area (Å²) in [6.45, 7) is 9.16. The average molecular weight is 303 g/mol. The van der Waals surface area contributed by atoms with Crippen molar-refractivity contribution in [3.63, 3.8) is 0 Å². The molecule has 1 aliphatic carbocycles. The van der Waals surface area contributed by atoms with Gasteiger partial charge in [0, 0.05) is 11.8 Å². The SMILES string of the molecule is CC(C)C(=O)[C@@]1(NC(=O)OC(C)(C)C)C[C@H]1c1ccccc1. The third kappa shape index (κ3) is 3.49. The largest absolute Gasteiger partial charge is 0.444 e. The van der Waals surface area contributed by atoms with E-state index >= 15 is 0 Å². The van der Waals surface area contributed by atoms with Crippen LogP contribution in [0.25, 0.3) is 0 Å². The van der Waals surface area contributed by atoms with E-state index in [1.54, 1.807) is 0 Å². The summed E-state index contributed by atoms with van der Waals surface area (Å²) in [5, 5.41) is 2.84. The van der Waals surface area contributed by atoms with Crippen molar-refractivity contribution < 1.29 is 14.3 Å². The van der Waals surface area contributed by atoms with Crippen LogP contribution in [0.5, 0.6) is 0 Å². The van der Waals surface area contributed by atoms with E-state index < -0.39 is 17.2 Å². The van der Waals surface area contributed by atoms with Crippen LogP contribution in [-0.2, 0) is 9.53 Å². The molecule has 0 aliphatic heterocycles. The summed E-state index contributed by atoms with van der Waals surface area (Å²) in [6, 6.07) is 9.84. The fourth-order valence-electron chi connectivity index (χ4n) is 2.82. The molecular formula is C18H25NO3. The van der Waals surface area contributed by atoms with Crippen LogP contribution in [0.15, 0.2) is 30.3 Å². The molecule has 0 spiro atoms. The fraction of sp³-hybridized carbons (Fsp3) is 0.556. The molecule has 2 atom stereocenters. The quantitative estimate of drug-likeness (QED) is 0.923. The van der Waals surface area contributed by atoms with E-state index in [9.17, 15) is 9.59 Å². The average Bonchev–Trinajstić information content (AvgIpc) is 3.11. The number of nitrogens with one attached hydrogen (secondary N) is 1. The standard InChI is InChI=1S/C18H25NO3/c1-12(2)15(20)18(19-16(21)22-17(3,4)5)11-14(18)13-9-7-6-8-10-13/h6-10,12,14H,11H2,1-5H3,(H,19,21)/t14-,18+/m0/s1. The van der Waals surface area contributed by atoms with Gasteiger partial charge in [0.1, 0.15) is 11.1 Å². The van der Waals surface area contributed by atoms with Gasteiger partial charge < -0.3 is 10.1 Å². The van der Waals surface area contributed by atoms with Gasteiger partial charge in [-0.25, -0.2) is 4.79 Å². The Morgan fingerprint density at radius 3 is 2.32 bits per heavy atom. The highest BCUT2D eigenvalue weighted by molar-refractivity contribution is 5.97. The highest BCUT2D eigenvalue weighted by Gasteiger charge is 2.62. The number of carbonyl (C=O) groups excluding carboxylic acids is 2. The maximum Gasteiger partial charge on any atom is 0.408 e. The van der Waals surface area contributed by atoms with Crippen LogP contribution in [0.3, 0.4) is 0 Å². The van der Waals surface area contributed by atoms with Gasteiger partial charge in [-0.3, -0.25) is 4.79 Å². The van der Waals surface area contributed by atoms with E-state index in [4.69, 9.17) is 4.74 Å². The van der Waals surface area contributed by atoms with Crippen molar-refractivity contribution in [2.24, 2.45) is 5.92 Å². The first kappa shape index (κ1) is 16.5. The summed E-state index contributed by atoms with van der Waals surface area (Å²) in [7, 11) is 0. The Balaban J connectivity index is 2.20. The normalized spacial score (nSPS) is 24.0. The lowest BCUT2D eigenvalue weighted by molar-refractivity contribution is -0.125. The van der Waals surface area contributed by atoms with Crippen molar-refractivity contribution >= 4 is 11.9 Å². The van der Waals surface area contributed by atoms with Crippen LogP contribution in [0.2, 0.25) is 0 Å². The van der Waals surface area contributed by atoms with Crippen LogP contribution < -0.4 is 5.32 Å². The number of Topliss-reactive ketones (excluding diaryl/α,β-unsaturated/α-hetero) is 1. The van der Waals surface area contributed by atoms with Crippen LogP contribution in [0.4, 0.5) is 4.79 Å². The minimum atomic E-state index is -0.822. The molecule has 0 unspecified atom stereocenters. The summed E-state index contributed by atoms with van der Waals surface area (Å²) in [4.78, 5) is 24.8. The Morgan fingerprint density at radius 2 is 1.82 bits per heavy atom. The third-order valence-corrected chi connectivity index (χ3v) is 3.85. The molecule has 22 heavy (non-hydrogen) atoms. The predicted octanol–water partition coefficient (Wildman–Crippen LogP) is 3.66. The maximum absolute atomic E-state index is 12.6. The first-order chi connectivity index (χ1) is 10.2. The Morgan fingerprint density at radius 1 is 1.23 bits per heavy atom. The van der Waals surface area contributed by atoms with E-state index in [2.05, 4.69) is 5.32 Å². The molecule has 120 valence electrons. The summed E-state index contributed by atoms with van der Waals surface area (Å²) < 4.78 is 5.33. The molecule has 0 radical (unpaired) electrons. The summed E-state index contributed by atoms with van der Waals surface area (Å²) >= 11 is 0. The minimum Gasteiger partial charge on any atom is -0.444 e. The summed E-state index contributed by atoms with van der Waals surface area (Å²) in [6.07, 6.45) is 0.104. The van der Waals surface area contributed by atoms with E-state index in [1.807, 2.05) is 65.0 Å². The molecular weight excluding hydrogens is 278 g/mol. The number of hydrogen-bond acceptors (Lipinski definition) is 3. The Labute approximate surface area is 132 Å². The molecule has 1 fully saturated rings. The monoisotopic (exact) mass is 303 g/mol. The molecule has 1 aromatic rings. The number of ether oxygens (including phenoxy) is 1. The Hall–Kier alpha value is -1.84. The fourth-order valence-corrected chi connectivity index (χ4v) is 2.82. The van der Waals surface area contributed by atoms with Gasteiger partial charge >= 0.3 is 6.09 Å². The number of benzene rings is 1. The second kappa shape index (κ2) is 5.75. The van der Waals surface area contributed by atoms with E-state index in [0.717, 1.165) is 5.56 Å². The van der Waals surface area contributed by atoms with Crippen LogP contribution in [0.1, 0.15) is 52.5 Å². The Kier molecular flexibility index (Phi) is 4.32. The molecule has 0 saturated heterocycles. The maximum atomic E-state index is 12.6. The lowest BCUT2D eigenvalue weighted by atomic mass is 9.95. The molecule has 0 heterocycles. The van der Waals surface area contributed by atoms with Crippen molar-refractivity contribution in [2.45, 2.75) is 58.1 Å². The molecule has 1 saturated carbocycles. The number of amides is 1. The molecule has 0 bridgehead atoms. The predicted molar refractivity (Wildman–Crippen MR) is 85.7 cm³/mol. The van der Waals surface area contributed by atoms with Gasteiger partial charge in [0.25, 0.3) is 0 Å². The number of rotatable bonds is 4. The molecule has 4 heteroatoms. The van der Waals surface area contributed by atoms with Gasteiger partial charge in [0.15, 0.2) is 5.78 Å². The first-order valence-electron chi connectivity index (χ1n) is 7.76. The number of alkyl carbamates (subject to hydrolysis) is 1. The number of ketones is 1. The van der Waals surface area contributed by atoms with E-state index in [0.29, 0.717) is 6.42 Å². The van der Waals surface area contributed by atoms with Crippen molar-refractivity contribution in [2.75, 3.05) is 0 Å². The molecule has 1 aliphatic rings. The molecule has 1 N–H and O–H groups in total. The van der Waals surface area contributed by atoms with Gasteiger partial charge in [0.2, 0.25) is 0 Å². The van der Waals surface area contributed by atoms with Crippen molar-refractivity contribution in [3.8, 4) is 0 Å². The molecule has 1 amide bonds. The van der Waals surface area contributed by atoms with Crippen LogP contribution >= 0.6 is 0 Å². The van der Waals surface area contributed by atoms with E-state index in [-0.39, 0.29) is 17.6 Å². The van der Waals surface area contributed by atoms with Crippen molar-refractivity contribution in [3.05, 3.63) is 35.9 Å². The van der Waals surface area contributed by atoms with Gasteiger partial charge in [0.05, 0.1) is 0 Å². The van der Waals surface area contributed by atoms with Gasteiger partial charge in [-0.1, -0.05) is 44.2 Å². The lowest BCUT2D eigenvalue weighted by Crippen LogP contribution is -2.48. The Bertz CT molecular complexity index is 559. The van der Waals surface area contributed by atoms with Crippen LogP contribution in [0, 0.1) is 5.92 Å². The van der Waals surface area contributed by atoms with Crippen molar-refractivity contribution in [1.29, 1.82) is 0 Å². The van der Waals surface area contributed by atoms with Crippen molar-refractivity contribution in [1.82, 2.24) is 5.32 Å². The smallest absolute Gasteiger partial charge is 0.408 e. The highest BCUT2D eigenvalue weighted by Crippen LogP contribution is 2.53. The number of carbonyl (C=O) groups is 2. The summed E-state index contributed by atoms with van der Waals surface area (Å²) in [5.41, 5.74) is -0.325. The van der Waals surface area contributed by atoms with Gasteiger partial charge in [-0.05, 0) is 32.8 Å². The molecule has 0 aromatic heterocycles.